The summed E-state index contributed by atoms with van der Waals surface area (Å²) in [5.74, 6) is 1.13. The molecule has 0 radical (unpaired) electrons. The second-order valence-corrected chi connectivity index (χ2v) is 5.24. The van der Waals surface area contributed by atoms with Gasteiger partial charge in [-0.2, -0.15) is 5.10 Å². The third-order valence-corrected chi connectivity index (χ3v) is 3.41. The standard InChI is InChI=1S/C13H12BrN5/c1-8-17-12(15)11-6-16-19(13(11)18-8)7-9-2-4-10(14)5-3-9/h2-6H,7H2,1H3,(H2,15,17,18). The molecule has 0 unspecified atom stereocenters. The molecule has 0 aliphatic rings. The topological polar surface area (TPSA) is 69.6 Å². The lowest BCUT2D eigenvalue weighted by atomic mass is 10.2. The first-order valence-corrected chi connectivity index (χ1v) is 6.63. The van der Waals surface area contributed by atoms with Crippen molar-refractivity contribution in [3.63, 3.8) is 0 Å². The minimum absolute atomic E-state index is 0.476. The Morgan fingerprint density at radius 3 is 2.68 bits per heavy atom. The van der Waals surface area contributed by atoms with Gasteiger partial charge < -0.3 is 5.73 Å². The zero-order chi connectivity index (χ0) is 13.4. The van der Waals surface area contributed by atoms with Gasteiger partial charge in [0.15, 0.2) is 5.65 Å². The van der Waals surface area contributed by atoms with E-state index in [-0.39, 0.29) is 0 Å². The van der Waals surface area contributed by atoms with Gasteiger partial charge in [0.2, 0.25) is 0 Å². The van der Waals surface area contributed by atoms with Crippen molar-refractivity contribution in [1.29, 1.82) is 0 Å². The van der Waals surface area contributed by atoms with E-state index in [1.807, 2.05) is 23.7 Å². The van der Waals surface area contributed by atoms with E-state index in [9.17, 15) is 0 Å². The van der Waals surface area contributed by atoms with Crippen LogP contribution in [0.3, 0.4) is 0 Å². The van der Waals surface area contributed by atoms with E-state index in [1.165, 1.54) is 0 Å². The Kier molecular flexibility index (Phi) is 2.94. The van der Waals surface area contributed by atoms with Gasteiger partial charge in [-0.25, -0.2) is 14.6 Å². The molecule has 0 saturated heterocycles. The largest absolute Gasteiger partial charge is 0.383 e. The number of fused-ring (bicyclic) bond motifs is 1. The van der Waals surface area contributed by atoms with Crippen LogP contribution in [0.25, 0.3) is 11.0 Å². The molecule has 5 nitrogen and oxygen atoms in total. The molecule has 2 heterocycles. The van der Waals surface area contributed by atoms with E-state index < -0.39 is 0 Å². The molecule has 2 aromatic heterocycles. The van der Waals surface area contributed by atoms with Crippen molar-refractivity contribution in [3.05, 3.63) is 46.3 Å². The molecule has 2 N–H and O–H groups in total. The molecule has 0 amide bonds. The molecule has 0 spiro atoms. The third-order valence-electron chi connectivity index (χ3n) is 2.88. The second kappa shape index (κ2) is 4.62. The van der Waals surface area contributed by atoms with Gasteiger partial charge in [-0.3, -0.25) is 0 Å². The zero-order valence-corrected chi connectivity index (χ0v) is 11.9. The Labute approximate surface area is 118 Å². The van der Waals surface area contributed by atoms with Crippen molar-refractivity contribution < 1.29 is 0 Å². The summed E-state index contributed by atoms with van der Waals surface area (Å²) in [5.41, 5.74) is 7.80. The summed E-state index contributed by atoms with van der Waals surface area (Å²) in [7, 11) is 0. The molecule has 19 heavy (non-hydrogen) atoms. The van der Waals surface area contributed by atoms with Crippen LogP contribution in [-0.2, 0) is 6.54 Å². The normalized spacial score (nSPS) is 11.1. The molecule has 0 aliphatic carbocycles. The molecule has 0 aliphatic heterocycles. The molecular formula is C13H12BrN5. The van der Waals surface area contributed by atoms with Gasteiger partial charge in [-0.05, 0) is 24.6 Å². The van der Waals surface area contributed by atoms with E-state index in [2.05, 4.69) is 43.1 Å². The van der Waals surface area contributed by atoms with Gasteiger partial charge >= 0.3 is 0 Å². The lowest BCUT2D eigenvalue weighted by Crippen LogP contribution is -2.04. The van der Waals surface area contributed by atoms with E-state index >= 15 is 0 Å². The molecule has 0 atom stereocenters. The average molecular weight is 318 g/mol. The second-order valence-electron chi connectivity index (χ2n) is 4.32. The van der Waals surface area contributed by atoms with Crippen molar-refractivity contribution in [2.45, 2.75) is 13.5 Å². The Morgan fingerprint density at radius 1 is 1.21 bits per heavy atom. The molecule has 6 heteroatoms. The molecule has 0 bridgehead atoms. The van der Waals surface area contributed by atoms with E-state index in [0.29, 0.717) is 18.2 Å². The quantitative estimate of drug-likeness (QED) is 0.788. The van der Waals surface area contributed by atoms with Crippen molar-refractivity contribution >= 4 is 32.8 Å². The number of aryl methyl sites for hydroxylation is 1. The summed E-state index contributed by atoms with van der Waals surface area (Å²) < 4.78 is 2.90. The van der Waals surface area contributed by atoms with Crippen LogP contribution in [-0.4, -0.2) is 19.7 Å². The monoisotopic (exact) mass is 317 g/mol. The number of benzene rings is 1. The molecule has 96 valence electrons. The van der Waals surface area contributed by atoms with Gasteiger partial charge in [0.1, 0.15) is 11.6 Å². The summed E-state index contributed by atoms with van der Waals surface area (Å²) >= 11 is 3.42. The fourth-order valence-corrected chi connectivity index (χ4v) is 2.23. The fourth-order valence-electron chi connectivity index (χ4n) is 1.97. The van der Waals surface area contributed by atoms with E-state index in [1.54, 1.807) is 6.20 Å². The first-order valence-electron chi connectivity index (χ1n) is 5.83. The fraction of sp³-hybridized carbons (Fsp3) is 0.154. The van der Waals surface area contributed by atoms with Gasteiger partial charge in [0.05, 0.1) is 18.1 Å². The number of rotatable bonds is 2. The number of nitrogen functional groups attached to an aromatic ring is 1. The molecular weight excluding hydrogens is 306 g/mol. The first-order chi connectivity index (χ1) is 9.13. The van der Waals surface area contributed by atoms with Crippen molar-refractivity contribution in [1.82, 2.24) is 19.7 Å². The van der Waals surface area contributed by atoms with Crippen molar-refractivity contribution in [3.8, 4) is 0 Å². The summed E-state index contributed by atoms with van der Waals surface area (Å²) in [5, 5.41) is 5.13. The molecule has 3 rings (SSSR count). The maximum absolute atomic E-state index is 5.87. The highest BCUT2D eigenvalue weighted by molar-refractivity contribution is 9.10. The van der Waals surface area contributed by atoms with Gasteiger partial charge in [0, 0.05) is 4.47 Å². The van der Waals surface area contributed by atoms with Crippen LogP contribution in [0, 0.1) is 6.92 Å². The average Bonchev–Trinajstić information content (AvgIpc) is 2.76. The first kappa shape index (κ1) is 12.1. The number of halogens is 1. The maximum Gasteiger partial charge on any atom is 0.163 e. The number of hydrogen-bond acceptors (Lipinski definition) is 4. The highest BCUT2D eigenvalue weighted by Gasteiger charge is 2.09. The number of aromatic nitrogens is 4. The molecule has 1 aromatic carbocycles. The summed E-state index contributed by atoms with van der Waals surface area (Å²) in [6.07, 6.45) is 1.71. The number of hydrogen-bond donors (Lipinski definition) is 1. The van der Waals surface area contributed by atoms with Crippen LogP contribution in [0.4, 0.5) is 5.82 Å². The minimum Gasteiger partial charge on any atom is -0.383 e. The minimum atomic E-state index is 0.476. The van der Waals surface area contributed by atoms with Crippen LogP contribution < -0.4 is 5.73 Å². The predicted molar refractivity (Wildman–Crippen MR) is 77.7 cm³/mol. The van der Waals surface area contributed by atoms with Crippen LogP contribution in [0.2, 0.25) is 0 Å². The highest BCUT2D eigenvalue weighted by atomic mass is 79.9. The number of nitrogens with zero attached hydrogens (tertiary/aromatic N) is 4. The highest BCUT2D eigenvalue weighted by Crippen LogP contribution is 2.18. The van der Waals surface area contributed by atoms with Crippen molar-refractivity contribution in [2.75, 3.05) is 5.73 Å². The van der Waals surface area contributed by atoms with Crippen LogP contribution in [0.5, 0.6) is 0 Å². The number of anilines is 1. The van der Waals surface area contributed by atoms with E-state index in [0.717, 1.165) is 21.1 Å². The Bertz CT molecular complexity index is 733. The molecule has 0 saturated carbocycles. The summed E-state index contributed by atoms with van der Waals surface area (Å²) in [4.78, 5) is 8.55. The van der Waals surface area contributed by atoms with Crippen LogP contribution in [0.1, 0.15) is 11.4 Å². The van der Waals surface area contributed by atoms with Gasteiger partial charge in [0.25, 0.3) is 0 Å². The predicted octanol–water partition coefficient (Wildman–Crippen LogP) is 2.53. The lowest BCUT2D eigenvalue weighted by Gasteiger charge is -2.04. The summed E-state index contributed by atoms with van der Waals surface area (Å²) in [6.45, 7) is 2.49. The van der Waals surface area contributed by atoms with E-state index in [4.69, 9.17) is 5.73 Å². The maximum atomic E-state index is 5.87. The molecule has 0 fully saturated rings. The zero-order valence-electron chi connectivity index (χ0n) is 10.3. The Hall–Kier alpha value is -1.95. The van der Waals surface area contributed by atoms with Crippen molar-refractivity contribution in [2.24, 2.45) is 0 Å². The van der Waals surface area contributed by atoms with Gasteiger partial charge in [-0.1, -0.05) is 28.1 Å². The third kappa shape index (κ3) is 2.31. The summed E-state index contributed by atoms with van der Waals surface area (Å²) in [6, 6.07) is 8.12. The SMILES string of the molecule is Cc1nc(N)c2cnn(Cc3ccc(Br)cc3)c2n1. The lowest BCUT2D eigenvalue weighted by molar-refractivity contribution is 0.702. The Morgan fingerprint density at radius 2 is 1.95 bits per heavy atom. The number of nitrogens with two attached hydrogens (primary N) is 1. The Balaban J connectivity index is 2.03. The van der Waals surface area contributed by atoms with Crippen LogP contribution in [0.15, 0.2) is 34.9 Å². The van der Waals surface area contributed by atoms with Crippen LogP contribution >= 0.6 is 15.9 Å². The smallest absolute Gasteiger partial charge is 0.163 e. The van der Waals surface area contributed by atoms with Gasteiger partial charge in [-0.15, -0.1) is 0 Å². The molecule has 3 aromatic rings.